The van der Waals surface area contributed by atoms with Gasteiger partial charge in [0.15, 0.2) is 25.0 Å². The zero-order chi connectivity index (χ0) is 18.0. The molecule has 0 N–H and O–H groups in total. The van der Waals surface area contributed by atoms with E-state index in [1.807, 2.05) is 0 Å². The first-order valence-corrected chi connectivity index (χ1v) is 23.6. The highest BCUT2D eigenvalue weighted by atomic mass is 35.6. The van der Waals surface area contributed by atoms with Gasteiger partial charge in [0.1, 0.15) is 0 Å². The van der Waals surface area contributed by atoms with Crippen LogP contribution < -0.4 is 0 Å². The molecule has 0 aliphatic rings. The minimum atomic E-state index is -2.37. The Morgan fingerprint density at radius 3 is 1.18 bits per heavy atom. The van der Waals surface area contributed by atoms with Crippen molar-refractivity contribution >= 4 is 53.7 Å². The van der Waals surface area contributed by atoms with Crippen LogP contribution in [0.4, 0.5) is 0 Å². The van der Waals surface area contributed by atoms with Crippen LogP contribution >= 0.6 is 11.1 Å². The molecule has 0 radical (unpaired) electrons. The molecule has 0 saturated heterocycles. The monoisotopic (exact) mass is 416 g/mol. The average molecular weight is 417 g/mol. The van der Waals surface area contributed by atoms with E-state index >= 15 is 0 Å². The fourth-order valence-corrected chi connectivity index (χ4v) is 17.2. The second-order valence-electron chi connectivity index (χ2n) is 9.15. The Balaban J connectivity index is 6.01. The molecule has 0 spiro atoms. The van der Waals surface area contributed by atoms with Crippen LogP contribution in [0.15, 0.2) is 0 Å². The van der Waals surface area contributed by atoms with E-state index in [9.17, 15) is 0 Å². The van der Waals surface area contributed by atoms with Crippen LogP contribution in [-0.2, 0) is 13.3 Å². The third-order valence-corrected chi connectivity index (χ3v) is 11.7. The SMILES string of the molecule is C[Si](C)(C)OC(O[Si](C)(C)C)(O[Si](C)(C)C)[Si](C)(Cl)CC[SiH3]. The van der Waals surface area contributed by atoms with Gasteiger partial charge < -0.3 is 13.3 Å². The second kappa shape index (κ2) is 7.65. The number of halogens is 1. The maximum atomic E-state index is 7.13. The highest BCUT2D eigenvalue weighted by molar-refractivity contribution is 7.21. The van der Waals surface area contributed by atoms with Gasteiger partial charge in [-0.1, -0.05) is 6.04 Å². The molecular formula is C13H37ClO3Si5. The Labute approximate surface area is 150 Å². The van der Waals surface area contributed by atoms with Crippen molar-refractivity contribution in [3.63, 3.8) is 0 Å². The van der Waals surface area contributed by atoms with Gasteiger partial charge >= 0.3 is 0 Å². The molecule has 0 aromatic rings. The van der Waals surface area contributed by atoms with Gasteiger partial charge in [-0.2, -0.15) is 11.1 Å². The first kappa shape index (κ1) is 23.3. The van der Waals surface area contributed by atoms with Crippen LogP contribution in [-0.4, -0.2) is 48.2 Å². The van der Waals surface area contributed by atoms with E-state index in [0.717, 1.165) is 22.3 Å². The smallest absolute Gasteiger partial charge is 0.253 e. The molecule has 1 unspecified atom stereocenters. The summed E-state index contributed by atoms with van der Waals surface area (Å²) in [6, 6.07) is 2.15. The number of hydrogen-bond acceptors (Lipinski definition) is 3. The minimum absolute atomic E-state index is 0.986. The van der Waals surface area contributed by atoms with Gasteiger partial charge in [0, 0.05) is 10.2 Å². The van der Waals surface area contributed by atoms with Gasteiger partial charge in [0.25, 0.3) is 7.38 Å². The Kier molecular flexibility index (Phi) is 8.08. The molecule has 0 bridgehead atoms. The maximum Gasteiger partial charge on any atom is 0.253 e. The molecule has 0 saturated carbocycles. The van der Waals surface area contributed by atoms with Crippen molar-refractivity contribution in [3.8, 4) is 0 Å². The number of rotatable bonds is 9. The minimum Gasteiger partial charge on any atom is -0.374 e. The highest BCUT2D eigenvalue weighted by Crippen LogP contribution is 2.41. The fourth-order valence-electron chi connectivity index (χ4n) is 2.21. The molecule has 0 rings (SSSR count). The van der Waals surface area contributed by atoms with E-state index in [0.29, 0.717) is 0 Å². The van der Waals surface area contributed by atoms with E-state index in [1.54, 1.807) is 0 Å². The van der Waals surface area contributed by atoms with Crippen molar-refractivity contribution in [2.45, 2.75) is 83.2 Å². The average Bonchev–Trinajstić information content (AvgIpc) is 2.07. The number of hydrogen-bond donors (Lipinski definition) is 0. The Bertz CT molecular complexity index is 317. The summed E-state index contributed by atoms with van der Waals surface area (Å²) in [6.45, 7) is 21.8. The first-order chi connectivity index (χ1) is 9.43. The topological polar surface area (TPSA) is 27.7 Å². The summed E-state index contributed by atoms with van der Waals surface area (Å²) >= 11 is 7.13. The van der Waals surface area contributed by atoms with Gasteiger partial charge in [-0.25, -0.2) is 0 Å². The molecule has 0 aromatic heterocycles. The first-order valence-electron chi connectivity index (χ1n) is 8.22. The lowest BCUT2D eigenvalue weighted by Gasteiger charge is -2.51. The Hall–Kier alpha value is 1.25. The molecule has 22 heavy (non-hydrogen) atoms. The summed E-state index contributed by atoms with van der Waals surface area (Å²) < 4.78 is 19.8. The fraction of sp³-hybridized carbons (Fsp3) is 1.00. The second-order valence-corrected chi connectivity index (χ2v) is 29.4. The lowest BCUT2D eigenvalue weighted by molar-refractivity contribution is -0.209. The maximum absolute atomic E-state index is 7.13. The quantitative estimate of drug-likeness (QED) is 0.318. The Morgan fingerprint density at radius 1 is 0.727 bits per heavy atom. The predicted octanol–water partition coefficient (Wildman–Crippen LogP) is 4.33. The summed E-state index contributed by atoms with van der Waals surface area (Å²) in [4.78, 5) is 0. The molecule has 3 nitrogen and oxygen atoms in total. The van der Waals surface area contributed by atoms with Gasteiger partial charge in [0.05, 0.1) is 0 Å². The van der Waals surface area contributed by atoms with Crippen molar-refractivity contribution in [3.05, 3.63) is 0 Å². The zero-order valence-corrected chi connectivity index (χ0v) is 23.3. The van der Waals surface area contributed by atoms with E-state index in [4.69, 9.17) is 24.4 Å². The van der Waals surface area contributed by atoms with Gasteiger partial charge in [-0.05, 0) is 71.5 Å². The van der Waals surface area contributed by atoms with Crippen molar-refractivity contribution < 1.29 is 13.3 Å². The molecular weight excluding hydrogens is 380 g/mol. The summed E-state index contributed by atoms with van der Waals surface area (Å²) in [5.74, 6) is 0. The normalized spacial score (nSPS) is 17.6. The molecule has 0 heterocycles. The summed E-state index contributed by atoms with van der Waals surface area (Å²) in [5.41, 5.74) is -0.988. The molecule has 9 heteroatoms. The van der Waals surface area contributed by atoms with Crippen LogP contribution in [0.5, 0.6) is 0 Å². The molecule has 1 atom stereocenters. The van der Waals surface area contributed by atoms with E-state index in [-0.39, 0.29) is 0 Å². The molecule has 0 aromatic carbocycles. The van der Waals surface area contributed by atoms with Crippen LogP contribution in [0.2, 0.25) is 77.6 Å². The third kappa shape index (κ3) is 8.38. The highest BCUT2D eigenvalue weighted by Gasteiger charge is 2.58. The lowest BCUT2D eigenvalue weighted by atomic mass is 10.9. The van der Waals surface area contributed by atoms with Crippen LogP contribution in [0, 0.1) is 0 Å². The summed E-state index contributed by atoms with van der Waals surface area (Å²) in [6.07, 6.45) is 0. The third-order valence-electron chi connectivity index (χ3n) is 2.68. The lowest BCUT2D eigenvalue weighted by Crippen LogP contribution is -2.67. The van der Waals surface area contributed by atoms with E-state index in [1.165, 1.54) is 0 Å². The van der Waals surface area contributed by atoms with Gasteiger partial charge in [0.2, 0.25) is 5.60 Å². The van der Waals surface area contributed by atoms with Crippen LogP contribution in [0.3, 0.4) is 0 Å². The van der Waals surface area contributed by atoms with Gasteiger partial charge in [-0.15, -0.1) is 0 Å². The Morgan fingerprint density at radius 2 is 1.00 bits per heavy atom. The summed E-state index contributed by atoms with van der Waals surface area (Å²) in [5, 5.41) is 0. The van der Waals surface area contributed by atoms with Crippen molar-refractivity contribution in [1.29, 1.82) is 0 Å². The standard InChI is InChI=1S/C13H37ClO3Si5/c1-19(2,3)15-13(16-20(4,5)6,17-21(7,8)9)22(10,14)12-11-18/h11-12H2,1-10,18H3. The molecule has 0 aliphatic heterocycles. The molecule has 0 fully saturated rings. The van der Waals surface area contributed by atoms with Crippen molar-refractivity contribution in [2.75, 3.05) is 0 Å². The van der Waals surface area contributed by atoms with Crippen molar-refractivity contribution in [1.82, 2.24) is 0 Å². The van der Waals surface area contributed by atoms with E-state index < -0.39 is 37.9 Å². The molecule has 0 aliphatic carbocycles. The van der Waals surface area contributed by atoms with Crippen LogP contribution in [0.25, 0.3) is 0 Å². The van der Waals surface area contributed by atoms with Crippen molar-refractivity contribution in [2.24, 2.45) is 0 Å². The van der Waals surface area contributed by atoms with Gasteiger partial charge in [-0.3, -0.25) is 0 Å². The van der Waals surface area contributed by atoms with E-state index in [2.05, 4.69) is 65.5 Å². The largest absolute Gasteiger partial charge is 0.374 e. The summed E-state index contributed by atoms with van der Waals surface area (Å²) in [7, 11) is -6.85. The molecule has 134 valence electrons. The molecule has 0 amide bonds. The predicted molar refractivity (Wildman–Crippen MR) is 113 cm³/mol. The van der Waals surface area contributed by atoms with Crippen LogP contribution in [0.1, 0.15) is 0 Å². The zero-order valence-electron chi connectivity index (χ0n) is 16.5.